The highest BCUT2D eigenvalue weighted by atomic mass is 32.2. The quantitative estimate of drug-likeness (QED) is 0.790. The first-order valence-corrected chi connectivity index (χ1v) is 9.07. The molecule has 1 rings (SSSR count). The van der Waals surface area contributed by atoms with Crippen molar-refractivity contribution in [2.75, 3.05) is 12.3 Å². The van der Waals surface area contributed by atoms with E-state index < -0.39 is 9.84 Å². The monoisotopic (exact) mass is 304 g/mol. The van der Waals surface area contributed by atoms with Gasteiger partial charge in [0.05, 0.1) is 22.2 Å². The maximum absolute atomic E-state index is 11.9. The van der Waals surface area contributed by atoms with Crippen molar-refractivity contribution in [3.05, 3.63) is 16.1 Å². The topological polar surface area (TPSA) is 76.1 Å². The summed E-state index contributed by atoms with van der Waals surface area (Å²) in [6.07, 6.45) is 1.89. The molecule has 0 aromatic carbocycles. The van der Waals surface area contributed by atoms with Crippen LogP contribution in [0.15, 0.2) is 5.38 Å². The number of sulfone groups is 1. The van der Waals surface area contributed by atoms with Gasteiger partial charge >= 0.3 is 0 Å². The molecule has 1 amide bonds. The van der Waals surface area contributed by atoms with Gasteiger partial charge in [-0.2, -0.15) is 0 Å². The first kappa shape index (κ1) is 16.1. The van der Waals surface area contributed by atoms with Gasteiger partial charge in [0.15, 0.2) is 9.84 Å². The van der Waals surface area contributed by atoms with Gasteiger partial charge in [0.2, 0.25) is 5.91 Å². The summed E-state index contributed by atoms with van der Waals surface area (Å²) in [7, 11) is -3.27. The summed E-state index contributed by atoms with van der Waals surface area (Å²) in [5, 5.41) is 5.34. The van der Waals surface area contributed by atoms with Gasteiger partial charge in [-0.05, 0) is 19.8 Å². The van der Waals surface area contributed by atoms with Crippen molar-refractivity contribution in [1.82, 2.24) is 10.3 Å². The molecule has 0 bridgehead atoms. The molecule has 0 radical (unpaired) electrons. The first-order chi connectivity index (χ1) is 8.96. The summed E-state index contributed by atoms with van der Waals surface area (Å²) in [6, 6.07) is 0. The molecule has 19 heavy (non-hydrogen) atoms. The number of aromatic nitrogens is 1. The van der Waals surface area contributed by atoms with E-state index in [1.807, 2.05) is 0 Å². The molecule has 1 aromatic rings. The van der Waals surface area contributed by atoms with Gasteiger partial charge in [-0.1, -0.05) is 6.92 Å². The molecule has 1 aromatic heterocycles. The fraction of sp³-hybridized carbons (Fsp3) is 0.667. The summed E-state index contributed by atoms with van der Waals surface area (Å²) >= 11 is 1.49. The number of aryl methyl sites for hydroxylation is 1. The number of carbonyl (C=O) groups excluding carboxylic acids is 1. The SMILES string of the molecule is CCCc1nc(CS(=O)(=O)CCC(=O)NCC)cs1. The van der Waals surface area contributed by atoms with Crippen molar-refractivity contribution < 1.29 is 13.2 Å². The zero-order valence-corrected chi connectivity index (χ0v) is 12.9. The number of nitrogens with zero attached hydrogens (tertiary/aromatic N) is 1. The minimum Gasteiger partial charge on any atom is -0.356 e. The number of thiazole rings is 1. The highest BCUT2D eigenvalue weighted by molar-refractivity contribution is 7.90. The van der Waals surface area contributed by atoms with Crippen molar-refractivity contribution >= 4 is 27.1 Å². The predicted octanol–water partition coefficient (Wildman–Crippen LogP) is 1.54. The first-order valence-electron chi connectivity index (χ1n) is 6.37. The molecule has 0 aliphatic rings. The standard InChI is InChI=1S/C12H20N2O3S2/c1-3-5-12-14-10(8-18-12)9-19(16,17)7-6-11(15)13-4-2/h8H,3-7,9H2,1-2H3,(H,13,15). The molecule has 1 N–H and O–H groups in total. The maximum Gasteiger partial charge on any atom is 0.221 e. The van der Waals surface area contributed by atoms with Crippen LogP contribution in [0, 0.1) is 0 Å². The third-order valence-corrected chi connectivity index (χ3v) is 4.96. The van der Waals surface area contributed by atoms with Gasteiger partial charge in [0.1, 0.15) is 0 Å². The van der Waals surface area contributed by atoms with Crippen LogP contribution >= 0.6 is 11.3 Å². The third-order valence-electron chi connectivity index (χ3n) is 2.45. The Morgan fingerprint density at radius 3 is 2.79 bits per heavy atom. The van der Waals surface area contributed by atoms with Gasteiger partial charge in [-0.15, -0.1) is 11.3 Å². The van der Waals surface area contributed by atoms with Crippen LogP contribution in [-0.4, -0.2) is 31.6 Å². The molecule has 0 saturated heterocycles. The zero-order chi connectivity index (χ0) is 14.3. The maximum atomic E-state index is 11.9. The van der Waals surface area contributed by atoms with Crippen molar-refractivity contribution in [1.29, 1.82) is 0 Å². The van der Waals surface area contributed by atoms with Crippen molar-refractivity contribution in [2.45, 2.75) is 38.9 Å². The van der Waals surface area contributed by atoms with Crippen LogP contribution in [0.4, 0.5) is 0 Å². The smallest absolute Gasteiger partial charge is 0.221 e. The Morgan fingerprint density at radius 1 is 1.42 bits per heavy atom. The Labute approximate surface area is 118 Å². The second-order valence-corrected chi connectivity index (χ2v) is 7.40. The minimum absolute atomic E-state index is 0.0160. The van der Waals surface area contributed by atoms with Gasteiger partial charge in [-0.25, -0.2) is 13.4 Å². The molecule has 7 heteroatoms. The summed E-state index contributed by atoms with van der Waals surface area (Å²) in [6.45, 7) is 4.38. The molecule has 5 nitrogen and oxygen atoms in total. The Bertz CT molecular complexity index is 509. The average molecular weight is 304 g/mol. The van der Waals surface area contributed by atoms with Crippen molar-refractivity contribution in [2.24, 2.45) is 0 Å². The van der Waals surface area contributed by atoms with Crippen LogP contribution in [0.5, 0.6) is 0 Å². The number of rotatable bonds is 8. The number of nitrogens with one attached hydrogen (secondary N) is 1. The zero-order valence-electron chi connectivity index (χ0n) is 11.3. The van der Waals surface area contributed by atoms with Crippen LogP contribution in [0.2, 0.25) is 0 Å². The molecule has 0 spiro atoms. The lowest BCUT2D eigenvalue weighted by Gasteiger charge is -2.03. The van der Waals surface area contributed by atoms with Crippen LogP contribution in [0.1, 0.15) is 37.4 Å². The molecule has 0 atom stereocenters. The third kappa shape index (κ3) is 6.15. The Morgan fingerprint density at radius 2 is 2.16 bits per heavy atom. The molecule has 0 saturated carbocycles. The summed E-state index contributed by atoms with van der Waals surface area (Å²) in [5.41, 5.74) is 0.587. The molecule has 0 fully saturated rings. The van der Waals surface area contributed by atoms with E-state index in [2.05, 4.69) is 17.2 Å². The van der Waals surface area contributed by atoms with Gasteiger partial charge in [0, 0.05) is 18.3 Å². The molecule has 0 aliphatic carbocycles. The van der Waals surface area contributed by atoms with Crippen LogP contribution in [-0.2, 0) is 26.8 Å². The van der Waals surface area contributed by atoms with Gasteiger partial charge < -0.3 is 5.32 Å². The second kappa shape index (κ2) is 7.59. The fourth-order valence-corrected chi connectivity index (χ4v) is 3.82. The summed E-state index contributed by atoms with van der Waals surface area (Å²) < 4.78 is 23.7. The van der Waals surface area contributed by atoms with E-state index in [9.17, 15) is 13.2 Å². The number of hydrogen-bond acceptors (Lipinski definition) is 5. The lowest BCUT2D eigenvalue weighted by Crippen LogP contribution is -2.25. The molecule has 0 unspecified atom stereocenters. The van der Waals surface area contributed by atoms with E-state index in [0.717, 1.165) is 17.8 Å². The average Bonchev–Trinajstić information content (AvgIpc) is 2.74. The number of carbonyl (C=O) groups is 1. The Balaban J connectivity index is 2.51. The molecular weight excluding hydrogens is 284 g/mol. The highest BCUT2D eigenvalue weighted by Crippen LogP contribution is 2.14. The molecular formula is C12H20N2O3S2. The second-order valence-electron chi connectivity index (χ2n) is 4.28. The highest BCUT2D eigenvalue weighted by Gasteiger charge is 2.16. The van der Waals surface area contributed by atoms with Crippen molar-refractivity contribution in [3.8, 4) is 0 Å². The summed E-state index contributed by atoms with van der Waals surface area (Å²) in [5.74, 6) is -0.428. The van der Waals surface area contributed by atoms with Crippen LogP contribution in [0.25, 0.3) is 0 Å². The fourth-order valence-electron chi connectivity index (χ4n) is 1.58. The molecule has 1 heterocycles. The van der Waals surface area contributed by atoms with Gasteiger partial charge in [-0.3, -0.25) is 4.79 Å². The van der Waals surface area contributed by atoms with Crippen LogP contribution in [0.3, 0.4) is 0 Å². The minimum atomic E-state index is -3.27. The van der Waals surface area contributed by atoms with E-state index >= 15 is 0 Å². The predicted molar refractivity (Wildman–Crippen MR) is 76.9 cm³/mol. The Hall–Kier alpha value is -0.950. The Kier molecular flexibility index (Phi) is 6.44. The summed E-state index contributed by atoms with van der Waals surface area (Å²) in [4.78, 5) is 15.5. The lowest BCUT2D eigenvalue weighted by molar-refractivity contribution is -0.120. The van der Waals surface area contributed by atoms with Crippen molar-refractivity contribution in [3.63, 3.8) is 0 Å². The van der Waals surface area contributed by atoms with Gasteiger partial charge in [0.25, 0.3) is 0 Å². The molecule has 108 valence electrons. The number of hydrogen-bond donors (Lipinski definition) is 1. The van der Waals surface area contributed by atoms with E-state index in [1.54, 1.807) is 12.3 Å². The van der Waals surface area contributed by atoms with Crippen LogP contribution < -0.4 is 5.32 Å². The van der Waals surface area contributed by atoms with E-state index in [-0.39, 0.29) is 23.8 Å². The largest absolute Gasteiger partial charge is 0.356 e. The van der Waals surface area contributed by atoms with E-state index in [1.165, 1.54) is 11.3 Å². The number of amides is 1. The molecule has 0 aliphatic heterocycles. The normalized spacial score (nSPS) is 11.5. The van der Waals surface area contributed by atoms with E-state index in [4.69, 9.17) is 0 Å². The van der Waals surface area contributed by atoms with E-state index in [0.29, 0.717) is 12.2 Å². The lowest BCUT2D eigenvalue weighted by atomic mass is 10.3.